The highest BCUT2D eigenvalue weighted by atomic mass is 16.2. The van der Waals surface area contributed by atoms with Crippen LogP contribution in [0.4, 0.5) is 0 Å². The fourth-order valence-electron chi connectivity index (χ4n) is 1.57. The highest BCUT2D eigenvalue weighted by molar-refractivity contribution is 5.92. The first kappa shape index (κ1) is 13.3. The van der Waals surface area contributed by atoms with Crippen LogP contribution in [-0.4, -0.2) is 34.7 Å². The maximum atomic E-state index is 11.7. The molecule has 7 nitrogen and oxygen atoms in total. The molecule has 7 heteroatoms. The molecule has 1 aromatic heterocycles. The van der Waals surface area contributed by atoms with E-state index in [-0.39, 0.29) is 29.0 Å². The maximum Gasteiger partial charge on any atom is 0.271 e. The quantitative estimate of drug-likeness (QED) is 0.670. The molecule has 0 radical (unpaired) electrons. The smallest absolute Gasteiger partial charge is 0.271 e. The lowest BCUT2D eigenvalue weighted by atomic mass is 10.3. The predicted octanol–water partition coefficient (Wildman–Crippen LogP) is -0.964. The normalized spacial score (nSPS) is 13.9. The second-order valence-corrected chi connectivity index (χ2v) is 4.50. The summed E-state index contributed by atoms with van der Waals surface area (Å²) in [5, 5.41) is 9.20. The first-order valence-electron chi connectivity index (χ1n) is 6.18. The molecule has 1 aliphatic carbocycles. The SMILES string of the molecule is Cn1nc(C(=O)NCCNC(=O)C2CC2)ccc1=O. The third kappa shape index (κ3) is 3.64. The summed E-state index contributed by atoms with van der Waals surface area (Å²) in [5.74, 6) is -0.147. The molecular formula is C12H16N4O3. The van der Waals surface area contributed by atoms with E-state index in [4.69, 9.17) is 0 Å². The van der Waals surface area contributed by atoms with Gasteiger partial charge in [0.1, 0.15) is 5.69 Å². The van der Waals surface area contributed by atoms with E-state index in [2.05, 4.69) is 15.7 Å². The Hall–Kier alpha value is -2.18. The van der Waals surface area contributed by atoms with Crippen molar-refractivity contribution in [3.63, 3.8) is 0 Å². The lowest BCUT2D eigenvalue weighted by molar-refractivity contribution is -0.122. The third-order valence-corrected chi connectivity index (χ3v) is 2.85. The van der Waals surface area contributed by atoms with Crippen molar-refractivity contribution in [3.05, 3.63) is 28.2 Å². The molecule has 2 amide bonds. The molecule has 1 fully saturated rings. The zero-order valence-corrected chi connectivity index (χ0v) is 10.7. The van der Waals surface area contributed by atoms with Crippen LogP contribution in [0.5, 0.6) is 0 Å². The van der Waals surface area contributed by atoms with Crippen molar-refractivity contribution in [2.45, 2.75) is 12.8 Å². The second kappa shape index (κ2) is 5.64. The van der Waals surface area contributed by atoms with Gasteiger partial charge in [0.25, 0.3) is 11.5 Å². The van der Waals surface area contributed by atoms with Crippen LogP contribution in [0.3, 0.4) is 0 Å². The molecule has 0 aromatic carbocycles. The van der Waals surface area contributed by atoms with Gasteiger partial charge in [0.2, 0.25) is 5.91 Å². The standard InChI is InChI=1S/C12H16N4O3/c1-16-10(17)5-4-9(15-16)12(19)14-7-6-13-11(18)8-2-3-8/h4-5,8H,2-3,6-7H2,1H3,(H,13,18)(H,14,19). The first-order chi connectivity index (χ1) is 9.08. The monoisotopic (exact) mass is 264 g/mol. The molecule has 1 heterocycles. The topological polar surface area (TPSA) is 93.1 Å². The van der Waals surface area contributed by atoms with Gasteiger partial charge in [0.15, 0.2) is 0 Å². The average molecular weight is 264 g/mol. The molecule has 0 atom stereocenters. The van der Waals surface area contributed by atoms with Gasteiger partial charge in [-0.3, -0.25) is 14.4 Å². The lowest BCUT2D eigenvalue weighted by Crippen LogP contribution is -2.36. The molecule has 2 N–H and O–H groups in total. The highest BCUT2D eigenvalue weighted by Crippen LogP contribution is 2.28. The first-order valence-corrected chi connectivity index (χ1v) is 6.18. The van der Waals surface area contributed by atoms with Crippen molar-refractivity contribution in [1.29, 1.82) is 0 Å². The molecule has 102 valence electrons. The van der Waals surface area contributed by atoms with E-state index in [1.54, 1.807) is 0 Å². The Labute approximate surface area is 110 Å². The van der Waals surface area contributed by atoms with Crippen molar-refractivity contribution < 1.29 is 9.59 Å². The van der Waals surface area contributed by atoms with Gasteiger partial charge in [0, 0.05) is 32.1 Å². The maximum absolute atomic E-state index is 11.7. The minimum atomic E-state index is -0.365. The predicted molar refractivity (Wildman–Crippen MR) is 67.5 cm³/mol. The molecule has 1 saturated carbocycles. The summed E-state index contributed by atoms with van der Waals surface area (Å²) in [6.45, 7) is 0.731. The zero-order chi connectivity index (χ0) is 13.8. The van der Waals surface area contributed by atoms with Gasteiger partial charge >= 0.3 is 0 Å². The molecule has 19 heavy (non-hydrogen) atoms. The number of carbonyl (C=O) groups is 2. The van der Waals surface area contributed by atoms with Crippen LogP contribution in [0.2, 0.25) is 0 Å². The Kier molecular flexibility index (Phi) is 3.94. The van der Waals surface area contributed by atoms with Crippen LogP contribution >= 0.6 is 0 Å². The largest absolute Gasteiger partial charge is 0.354 e. The number of aromatic nitrogens is 2. The van der Waals surface area contributed by atoms with Crippen LogP contribution in [0, 0.1) is 5.92 Å². The zero-order valence-electron chi connectivity index (χ0n) is 10.7. The van der Waals surface area contributed by atoms with Crippen LogP contribution in [0.25, 0.3) is 0 Å². The summed E-state index contributed by atoms with van der Waals surface area (Å²) < 4.78 is 1.10. The Balaban J connectivity index is 1.75. The minimum Gasteiger partial charge on any atom is -0.354 e. The van der Waals surface area contributed by atoms with Gasteiger partial charge in [-0.1, -0.05) is 0 Å². The summed E-state index contributed by atoms with van der Waals surface area (Å²) in [4.78, 5) is 34.1. The van der Waals surface area contributed by atoms with E-state index in [0.29, 0.717) is 13.1 Å². The fraction of sp³-hybridized carbons (Fsp3) is 0.500. The van der Waals surface area contributed by atoms with Crippen molar-refractivity contribution in [2.75, 3.05) is 13.1 Å². The van der Waals surface area contributed by atoms with E-state index in [1.165, 1.54) is 19.2 Å². The second-order valence-electron chi connectivity index (χ2n) is 4.50. The molecule has 0 spiro atoms. The number of aryl methyl sites for hydroxylation is 1. The molecule has 0 saturated heterocycles. The summed E-state index contributed by atoms with van der Waals surface area (Å²) in [6, 6.07) is 2.66. The molecule has 0 unspecified atom stereocenters. The molecular weight excluding hydrogens is 248 g/mol. The number of rotatable bonds is 5. The Morgan fingerprint density at radius 3 is 2.63 bits per heavy atom. The number of carbonyl (C=O) groups excluding carboxylic acids is 2. The van der Waals surface area contributed by atoms with E-state index in [9.17, 15) is 14.4 Å². The summed E-state index contributed by atoms with van der Waals surface area (Å²) >= 11 is 0. The third-order valence-electron chi connectivity index (χ3n) is 2.85. The molecule has 1 aromatic rings. The van der Waals surface area contributed by atoms with Crippen molar-refractivity contribution in [1.82, 2.24) is 20.4 Å². The van der Waals surface area contributed by atoms with Crippen molar-refractivity contribution in [2.24, 2.45) is 13.0 Å². The van der Waals surface area contributed by atoms with Crippen LogP contribution < -0.4 is 16.2 Å². The Morgan fingerprint density at radius 1 is 1.32 bits per heavy atom. The summed E-state index contributed by atoms with van der Waals surface area (Å²) in [5.41, 5.74) is -0.0936. The molecule has 1 aliphatic rings. The molecule has 0 bridgehead atoms. The van der Waals surface area contributed by atoms with E-state index >= 15 is 0 Å². The van der Waals surface area contributed by atoms with E-state index in [0.717, 1.165) is 17.5 Å². The number of hydrogen-bond donors (Lipinski definition) is 2. The van der Waals surface area contributed by atoms with Gasteiger partial charge < -0.3 is 10.6 Å². The number of hydrogen-bond acceptors (Lipinski definition) is 4. The van der Waals surface area contributed by atoms with Gasteiger partial charge in [-0.25, -0.2) is 4.68 Å². The van der Waals surface area contributed by atoms with Gasteiger partial charge in [-0.2, -0.15) is 5.10 Å². The number of nitrogens with zero attached hydrogens (tertiary/aromatic N) is 2. The summed E-state index contributed by atoms with van der Waals surface area (Å²) in [7, 11) is 1.48. The minimum absolute atomic E-state index is 0.0504. The molecule has 2 rings (SSSR count). The van der Waals surface area contributed by atoms with E-state index < -0.39 is 0 Å². The van der Waals surface area contributed by atoms with Gasteiger partial charge in [0.05, 0.1) is 0 Å². The lowest BCUT2D eigenvalue weighted by Gasteiger charge is -2.06. The Bertz CT molecular complexity index is 548. The van der Waals surface area contributed by atoms with Crippen molar-refractivity contribution >= 4 is 11.8 Å². The van der Waals surface area contributed by atoms with Crippen LogP contribution in [0.15, 0.2) is 16.9 Å². The highest BCUT2D eigenvalue weighted by Gasteiger charge is 2.28. The fourth-order valence-corrected chi connectivity index (χ4v) is 1.57. The van der Waals surface area contributed by atoms with Crippen LogP contribution in [0.1, 0.15) is 23.3 Å². The number of nitrogens with one attached hydrogen (secondary N) is 2. The average Bonchev–Trinajstić information content (AvgIpc) is 3.21. The van der Waals surface area contributed by atoms with Crippen LogP contribution in [-0.2, 0) is 11.8 Å². The van der Waals surface area contributed by atoms with Gasteiger partial charge in [-0.05, 0) is 18.9 Å². The van der Waals surface area contributed by atoms with Crippen molar-refractivity contribution in [3.8, 4) is 0 Å². The Morgan fingerprint density at radius 2 is 2.00 bits per heavy atom. The van der Waals surface area contributed by atoms with E-state index in [1.807, 2.05) is 0 Å². The number of amides is 2. The summed E-state index contributed by atoms with van der Waals surface area (Å²) in [6.07, 6.45) is 1.92. The van der Waals surface area contributed by atoms with Gasteiger partial charge in [-0.15, -0.1) is 0 Å². The molecule has 0 aliphatic heterocycles.